The second kappa shape index (κ2) is 9.10. The zero-order chi connectivity index (χ0) is 24.8. The van der Waals surface area contributed by atoms with Crippen LogP contribution >= 0.6 is 0 Å². The number of rotatable bonds is 4. The standard InChI is InChI=1S/C27H38N4O3/c1-17(2)24-27(3,4)22-19-11-7-8-12-21(19)28-23(22)20(25(32)33)16-31(24)26(34)30-13-9-10-18(15-30)14-29(5)6/h7-8,11-12,16-18,24,28H,9-10,13-15H2,1-6H3,(H,32,33)/t18-,24?/m0/s1. The van der Waals surface area contributed by atoms with Gasteiger partial charge in [-0.25, -0.2) is 9.59 Å². The van der Waals surface area contributed by atoms with Crippen LogP contribution in [-0.2, 0) is 10.2 Å². The van der Waals surface area contributed by atoms with Gasteiger partial charge >= 0.3 is 12.0 Å². The number of H-pyrrole nitrogens is 1. The van der Waals surface area contributed by atoms with E-state index in [1.54, 1.807) is 11.1 Å². The van der Waals surface area contributed by atoms with Gasteiger partial charge in [-0.3, -0.25) is 4.90 Å². The molecule has 0 bridgehead atoms. The van der Waals surface area contributed by atoms with Crippen molar-refractivity contribution in [3.8, 4) is 0 Å². The lowest BCUT2D eigenvalue weighted by Crippen LogP contribution is -2.55. The summed E-state index contributed by atoms with van der Waals surface area (Å²) in [5.41, 5.74) is 2.14. The number of hydrogen-bond acceptors (Lipinski definition) is 3. The molecule has 1 fully saturated rings. The van der Waals surface area contributed by atoms with E-state index in [4.69, 9.17) is 0 Å². The Morgan fingerprint density at radius 1 is 1.24 bits per heavy atom. The van der Waals surface area contributed by atoms with E-state index in [2.05, 4.69) is 51.7 Å². The normalized spacial score (nSPS) is 22.6. The molecule has 1 unspecified atom stereocenters. The summed E-state index contributed by atoms with van der Waals surface area (Å²) >= 11 is 0. The number of carbonyl (C=O) groups excluding carboxylic acids is 1. The smallest absolute Gasteiger partial charge is 0.339 e. The van der Waals surface area contributed by atoms with Gasteiger partial charge < -0.3 is 19.9 Å². The Labute approximate surface area is 202 Å². The molecule has 3 heterocycles. The van der Waals surface area contributed by atoms with Gasteiger partial charge in [0.05, 0.1) is 11.3 Å². The molecule has 34 heavy (non-hydrogen) atoms. The third kappa shape index (κ3) is 4.22. The van der Waals surface area contributed by atoms with Crippen LogP contribution in [0.5, 0.6) is 0 Å². The minimum absolute atomic E-state index is 0.0940. The number of aliphatic carboxylic acids is 1. The van der Waals surface area contributed by atoms with Crippen molar-refractivity contribution in [2.75, 3.05) is 33.7 Å². The summed E-state index contributed by atoms with van der Waals surface area (Å²) < 4.78 is 0. The van der Waals surface area contributed by atoms with Crippen LogP contribution in [0.4, 0.5) is 4.79 Å². The molecule has 0 spiro atoms. The number of piperidine rings is 1. The van der Waals surface area contributed by atoms with Crippen LogP contribution in [0.15, 0.2) is 30.5 Å². The highest BCUT2D eigenvalue weighted by molar-refractivity contribution is 6.17. The van der Waals surface area contributed by atoms with E-state index < -0.39 is 11.4 Å². The molecule has 2 aliphatic rings. The van der Waals surface area contributed by atoms with Crippen LogP contribution < -0.4 is 0 Å². The molecule has 7 heteroatoms. The minimum atomic E-state index is -1.03. The molecule has 1 aromatic carbocycles. The number of nitrogens with one attached hydrogen (secondary N) is 1. The second-order valence-corrected chi connectivity index (χ2v) is 11.1. The predicted molar refractivity (Wildman–Crippen MR) is 136 cm³/mol. The molecular weight excluding hydrogens is 428 g/mol. The summed E-state index contributed by atoms with van der Waals surface area (Å²) in [4.78, 5) is 35.7. The number of para-hydroxylation sites is 1. The van der Waals surface area contributed by atoms with Crippen molar-refractivity contribution in [2.45, 2.75) is 52.0 Å². The highest BCUT2D eigenvalue weighted by atomic mass is 16.4. The fourth-order valence-electron chi connectivity index (χ4n) is 6.35. The lowest BCUT2D eigenvalue weighted by atomic mass is 9.72. The monoisotopic (exact) mass is 466 g/mol. The Morgan fingerprint density at radius 2 is 1.94 bits per heavy atom. The Balaban J connectivity index is 1.83. The van der Waals surface area contributed by atoms with Crippen molar-refractivity contribution in [2.24, 2.45) is 11.8 Å². The Bertz CT molecular complexity index is 1110. The zero-order valence-corrected chi connectivity index (χ0v) is 21.3. The fourth-order valence-corrected chi connectivity index (χ4v) is 6.35. The van der Waals surface area contributed by atoms with Gasteiger partial charge in [-0.05, 0) is 50.4 Å². The van der Waals surface area contributed by atoms with E-state index in [0.717, 1.165) is 35.9 Å². The van der Waals surface area contributed by atoms with E-state index >= 15 is 0 Å². The number of hydrogen-bond donors (Lipinski definition) is 2. The van der Waals surface area contributed by atoms with Crippen molar-refractivity contribution >= 4 is 28.5 Å². The van der Waals surface area contributed by atoms with Gasteiger partial charge in [0.25, 0.3) is 0 Å². The molecule has 2 aliphatic heterocycles. The third-order valence-corrected chi connectivity index (χ3v) is 7.42. The molecule has 184 valence electrons. The van der Waals surface area contributed by atoms with Crippen LogP contribution in [-0.4, -0.2) is 76.6 Å². The minimum Gasteiger partial charge on any atom is -0.478 e. The largest absolute Gasteiger partial charge is 0.478 e. The van der Waals surface area contributed by atoms with Crippen LogP contribution in [0.1, 0.15) is 51.8 Å². The number of carboxylic acids is 1. The molecular formula is C27H38N4O3. The van der Waals surface area contributed by atoms with Gasteiger partial charge in [-0.15, -0.1) is 0 Å². The topological polar surface area (TPSA) is 79.9 Å². The third-order valence-electron chi connectivity index (χ3n) is 7.42. The van der Waals surface area contributed by atoms with Crippen molar-refractivity contribution in [1.29, 1.82) is 0 Å². The van der Waals surface area contributed by atoms with Gasteiger partial charge in [0, 0.05) is 48.2 Å². The Morgan fingerprint density at radius 3 is 2.59 bits per heavy atom. The highest BCUT2D eigenvalue weighted by Gasteiger charge is 2.46. The number of nitrogens with zero attached hydrogens (tertiary/aromatic N) is 3. The molecule has 2 amide bonds. The number of amides is 2. The first-order valence-corrected chi connectivity index (χ1v) is 12.3. The van der Waals surface area contributed by atoms with E-state index in [9.17, 15) is 14.7 Å². The number of benzene rings is 1. The summed E-state index contributed by atoms with van der Waals surface area (Å²) in [6.45, 7) is 10.9. The Hall–Kier alpha value is -2.80. The summed E-state index contributed by atoms with van der Waals surface area (Å²) in [7, 11) is 4.12. The van der Waals surface area contributed by atoms with Gasteiger partial charge in [0.1, 0.15) is 0 Å². The number of aromatic amines is 1. The number of carbonyl (C=O) groups is 2. The molecule has 1 saturated heterocycles. The summed E-state index contributed by atoms with van der Waals surface area (Å²) in [5.74, 6) is -0.494. The molecule has 2 aromatic rings. The van der Waals surface area contributed by atoms with E-state index in [-0.39, 0.29) is 23.6 Å². The maximum Gasteiger partial charge on any atom is 0.339 e. The van der Waals surface area contributed by atoms with Crippen molar-refractivity contribution in [3.63, 3.8) is 0 Å². The fraction of sp³-hybridized carbons (Fsp3) is 0.556. The SMILES string of the molecule is CC(C)C1N(C(=O)N2CCC[C@@H](CN(C)C)C2)C=C(C(=O)O)c2[nH]c3ccccc3c2C1(C)C. The van der Waals surface area contributed by atoms with Crippen LogP contribution in [0.3, 0.4) is 0 Å². The zero-order valence-electron chi connectivity index (χ0n) is 21.3. The summed E-state index contributed by atoms with van der Waals surface area (Å²) in [5, 5.41) is 11.2. The number of fused-ring (bicyclic) bond motifs is 3. The van der Waals surface area contributed by atoms with Crippen molar-refractivity contribution in [1.82, 2.24) is 19.7 Å². The lowest BCUT2D eigenvalue weighted by molar-refractivity contribution is -0.130. The first-order chi connectivity index (χ1) is 16.0. The first-order valence-electron chi connectivity index (χ1n) is 12.3. The number of aromatic nitrogens is 1. The van der Waals surface area contributed by atoms with Crippen LogP contribution in [0, 0.1) is 11.8 Å². The first kappa shape index (κ1) is 24.3. The van der Waals surface area contributed by atoms with E-state index in [1.807, 2.05) is 29.2 Å². The van der Waals surface area contributed by atoms with Crippen molar-refractivity contribution < 1.29 is 14.7 Å². The molecule has 0 aliphatic carbocycles. The predicted octanol–water partition coefficient (Wildman–Crippen LogP) is 4.60. The second-order valence-electron chi connectivity index (χ2n) is 11.1. The lowest BCUT2D eigenvalue weighted by Gasteiger charge is -2.45. The average molecular weight is 467 g/mol. The number of likely N-dealkylation sites (tertiary alicyclic amines) is 1. The summed E-state index contributed by atoms with van der Waals surface area (Å²) in [6, 6.07) is 7.65. The highest BCUT2D eigenvalue weighted by Crippen LogP contribution is 2.45. The quantitative estimate of drug-likeness (QED) is 0.690. The Kier molecular flexibility index (Phi) is 6.51. The molecule has 4 rings (SSSR count). The maximum atomic E-state index is 14.0. The number of urea groups is 1. The molecule has 1 aromatic heterocycles. The molecule has 0 saturated carbocycles. The van der Waals surface area contributed by atoms with E-state index in [1.165, 1.54) is 0 Å². The molecule has 7 nitrogen and oxygen atoms in total. The summed E-state index contributed by atoms with van der Waals surface area (Å²) in [6.07, 6.45) is 3.66. The van der Waals surface area contributed by atoms with Crippen LogP contribution in [0.25, 0.3) is 16.5 Å². The van der Waals surface area contributed by atoms with Crippen molar-refractivity contribution in [3.05, 3.63) is 41.7 Å². The molecule has 2 atom stereocenters. The van der Waals surface area contributed by atoms with E-state index in [0.29, 0.717) is 24.7 Å². The van der Waals surface area contributed by atoms with Gasteiger partial charge in [0.15, 0.2) is 0 Å². The number of carboxylic acid groups (broad SMARTS) is 1. The van der Waals surface area contributed by atoms with Gasteiger partial charge in [-0.1, -0.05) is 45.9 Å². The molecule has 0 radical (unpaired) electrons. The maximum absolute atomic E-state index is 14.0. The van der Waals surface area contributed by atoms with Gasteiger partial charge in [0.2, 0.25) is 0 Å². The average Bonchev–Trinajstić information content (AvgIpc) is 3.10. The van der Waals surface area contributed by atoms with Gasteiger partial charge in [-0.2, -0.15) is 0 Å². The van der Waals surface area contributed by atoms with Crippen LogP contribution in [0.2, 0.25) is 0 Å². The molecule has 2 N–H and O–H groups in total.